The minimum Gasteiger partial charge on any atom is -0.322 e. The molecule has 0 unspecified atom stereocenters. The van der Waals surface area contributed by atoms with Crippen LogP contribution in [0.15, 0.2) is 47.4 Å². The van der Waals surface area contributed by atoms with E-state index >= 15 is 0 Å². The van der Waals surface area contributed by atoms with E-state index in [4.69, 9.17) is 0 Å². The second kappa shape index (κ2) is 6.43. The van der Waals surface area contributed by atoms with Gasteiger partial charge < -0.3 is 5.32 Å². The van der Waals surface area contributed by atoms with Crippen LogP contribution in [0.5, 0.6) is 0 Å². The van der Waals surface area contributed by atoms with Crippen molar-refractivity contribution in [1.29, 1.82) is 0 Å². The van der Waals surface area contributed by atoms with Crippen LogP contribution in [-0.4, -0.2) is 12.2 Å². The van der Waals surface area contributed by atoms with Crippen molar-refractivity contribution in [3.8, 4) is 0 Å². The van der Waals surface area contributed by atoms with Crippen LogP contribution >= 0.6 is 34.4 Å². The largest absolute Gasteiger partial charge is 0.322 e. The molecule has 2 rings (SSSR count). The second-order valence-electron chi connectivity index (χ2n) is 4.12. The maximum Gasteiger partial charge on any atom is 0.256 e. The lowest BCUT2D eigenvalue weighted by atomic mass is 10.1. The number of rotatable bonds is 3. The van der Waals surface area contributed by atoms with Crippen molar-refractivity contribution in [2.45, 2.75) is 11.8 Å². The van der Waals surface area contributed by atoms with E-state index in [9.17, 15) is 4.79 Å². The number of benzene rings is 2. The Kier molecular flexibility index (Phi) is 4.87. The molecule has 0 aliphatic carbocycles. The highest BCUT2D eigenvalue weighted by atomic mass is 127. The van der Waals surface area contributed by atoms with Gasteiger partial charge in [0.1, 0.15) is 0 Å². The van der Waals surface area contributed by atoms with Crippen LogP contribution in [0.3, 0.4) is 0 Å². The molecule has 2 nitrogen and oxygen atoms in total. The summed E-state index contributed by atoms with van der Waals surface area (Å²) in [5, 5.41) is 2.94. The highest BCUT2D eigenvalue weighted by molar-refractivity contribution is 14.1. The zero-order valence-corrected chi connectivity index (χ0v) is 13.7. The third kappa shape index (κ3) is 3.51. The third-order valence-electron chi connectivity index (χ3n) is 2.76. The minimum absolute atomic E-state index is 0.0636. The van der Waals surface area contributed by atoms with Crippen LogP contribution < -0.4 is 5.32 Å². The van der Waals surface area contributed by atoms with Gasteiger partial charge in [-0.2, -0.15) is 0 Å². The van der Waals surface area contributed by atoms with Gasteiger partial charge in [-0.15, -0.1) is 11.8 Å². The van der Waals surface area contributed by atoms with Crippen LogP contribution in [0.4, 0.5) is 5.69 Å². The number of carbonyl (C=O) groups excluding carboxylic acids is 1. The van der Waals surface area contributed by atoms with Gasteiger partial charge in [-0.1, -0.05) is 18.2 Å². The van der Waals surface area contributed by atoms with Gasteiger partial charge in [0.15, 0.2) is 0 Å². The van der Waals surface area contributed by atoms with E-state index in [0.717, 1.165) is 25.3 Å². The van der Waals surface area contributed by atoms with E-state index < -0.39 is 0 Å². The van der Waals surface area contributed by atoms with Crippen LogP contribution in [-0.2, 0) is 0 Å². The van der Waals surface area contributed by atoms with Gasteiger partial charge in [-0.25, -0.2) is 0 Å². The van der Waals surface area contributed by atoms with E-state index in [2.05, 4.69) is 27.9 Å². The Morgan fingerprint density at radius 1 is 1.21 bits per heavy atom. The summed E-state index contributed by atoms with van der Waals surface area (Å²) >= 11 is 3.87. The molecule has 2 aromatic rings. The Bertz CT molecular complexity index is 613. The van der Waals surface area contributed by atoms with E-state index in [-0.39, 0.29) is 5.91 Å². The molecule has 19 heavy (non-hydrogen) atoms. The Hall–Kier alpha value is -1.01. The molecular weight excluding hydrogens is 369 g/mol. The predicted octanol–water partition coefficient (Wildman–Crippen LogP) is 4.57. The molecule has 0 saturated heterocycles. The summed E-state index contributed by atoms with van der Waals surface area (Å²) < 4.78 is 0.999. The molecule has 0 saturated carbocycles. The smallest absolute Gasteiger partial charge is 0.256 e. The summed E-state index contributed by atoms with van der Waals surface area (Å²) in [7, 11) is 0. The number of halogens is 1. The molecule has 0 spiro atoms. The van der Waals surface area contributed by atoms with Gasteiger partial charge in [-0.3, -0.25) is 4.79 Å². The van der Waals surface area contributed by atoms with Crippen LogP contribution in [0, 0.1) is 10.5 Å². The molecule has 4 heteroatoms. The molecule has 1 amide bonds. The number of thioether (sulfide) groups is 1. The summed E-state index contributed by atoms with van der Waals surface area (Å²) in [6.07, 6.45) is 2.02. The van der Waals surface area contributed by atoms with Crippen molar-refractivity contribution in [3.05, 3.63) is 57.2 Å². The van der Waals surface area contributed by atoms with Crippen molar-refractivity contribution >= 4 is 45.9 Å². The van der Waals surface area contributed by atoms with E-state index in [1.54, 1.807) is 11.8 Å². The summed E-state index contributed by atoms with van der Waals surface area (Å²) in [5.74, 6) is -0.0636. The molecule has 98 valence electrons. The highest BCUT2D eigenvalue weighted by Gasteiger charge is 2.11. The molecule has 0 aromatic heterocycles. The van der Waals surface area contributed by atoms with Crippen molar-refractivity contribution < 1.29 is 4.79 Å². The quantitative estimate of drug-likeness (QED) is 0.621. The molecule has 0 aliphatic rings. The fraction of sp³-hybridized carbons (Fsp3) is 0.133. The Morgan fingerprint density at radius 3 is 2.68 bits per heavy atom. The second-order valence-corrected chi connectivity index (χ2v) is 6.08. The molecule has 0 fully saturated rings. The number of anilines is 1. The van der Waals surface area contributed by atoms with E-state index in [1.807, 2.05) is 55.6 Å². The maximum absolute atomic E-state index is 12.3. The molecule has 0 radical (unpaired) electrons. The maximum atomic E-state index is 12.3. The SMILES string of the molecule is CSc1cccc(NC(=O)c2cccc(C)c2I)c1. The predicted molar refractivity (Wildman–Crippen MR) is 90.1 cm³/mol. The first-order chi connectivity index (χ1) is 9.11. The number of hydrogen-bond acceptors (Lipinski definition) is 2. The van der Waals surface area contributed by atoms with Crippen molar-refractivity contribution in [2.75, 3.05) is 11.6 Å². The van der Waals surface area contributed by atoms with Crippen LogP contribution in [0.25, 0.3) is 0 Å². The number of hydrogen-bond donors (Lipinski definition) is 1. The summed E-state index contributed by atoms with van der Waals surface area (Å²) in [6.45, 7) is 2.01. The topological polar surface area (TPSA) is 29.1 Å². The molecule has 0 atom stereocenters. The number of aryl methyl sites for hydroxylation is 1. The van der Waals surface area contributed by atoms with E-state index in [1.165, 1.54) is 0 Å². The first-order valence-electron chi connectivity index (χ1n) is 5.82. The average Bonchev–Trinajstić information content (AvgIpc) is 2.42. The molecule has 2 aromatic carbocycles. The van der Waals surface area contributed by atoms with Gasteiger partial charge in [-0.05, 0) is 65.6 Å². The zero-order valence-electron chi connectivity index (χ0n) is 10.7. The Labute approximate surface area is 131 Å². The van der Waals surface area contributed by atoms with Gasteiger partial charge >= 0.3 is 0 Å². The lowest BCUT2D eigenvalue weighted by Crippen LogP contribution is -2.13. The molecule has 0 aliphatic heterocycles. The van der Waals surface area contributed by atoms with Crippen LogP contribution in [0.2, 0.25) is 0 Å². The summed E-state index contributed by atoms with van der Waals surface area (Å²) in [6, 6.07) is 13.6. The monoisotopic (exact) mass is 383 g/mol. The number of nitrogens with one attached hydrogen (secondary N) is 1. The standard InChI is InChI=1S/C15H14INOS/c1-10-5-3-8-13(14(10)16)15(18)17-11-6-4-7-12(9-11)19-2/h3-9H,1-2H3,(H,17,18). The van der Waals surface area contributed by atoms with Gasteiger partial charge in [0, 0.05) is 14.2 Å². The first kappa shape index (κ1) is 14.4. The van der Waals surface area contributed by atoms with Crippen molar-refractivity contribution in [3.63, 3.8) is 0 Å². The molecule has 0 bridgehead atoms. The van der Waals surface area contributed by atoms with Gasteiger partial charge in [0.2, 0.25) is 0 Å². The van der Waals surface area contributed by atoms with Gasteiger partial charge in [0.05, 0.1) is 5.56 Å². The fourth-order valence-electron chi connectivity index (χ4n) is 1.72. The average molecular weight is 383 g/mol. The zero-order chi connectivity index (χ0) is 13.8. The Balaban J connectivity index is 2.23. The molecular formula is C15H14INOS. The fourth-order valence-corrected chi connectivity index (χ4v) is 2.79. The normalized spacial score (nSPS) is 10.3. The minimum atomic E-state index is -0.0636. The Morgan fingerprint density at radius 2 is 1.95 bits per heavy atom. The number of amides is 1. The third-order valence-corrected chi connectivity index (χ3v) is 4.92. The van der Waals surface area contributed by atoms with Gasteiger partial charge in [0.25, 0.3) is 5.91 Å². The van der Waals surface area contributed by atoms with E-state index in [0.29, 0.717) is 0 Å². The molecule has 0 heterocycles. The molecule has 1 N–H and O–H groups in total. The lowest BCUT2D eigenvalue weighted by Gasteiger charge is -2.09. The van der Waals surface area contributed by atoms with Crippen molar-refractivity contribution in [1.82, 2.24) is 0 Å². The van der Waals surface area contributed by atoms with Crippen molar-refractivity contribution in [2.24, 2.45) is 0 Å². The number of carbonyl (C=O) groups is 1. The lowest BCUT2D eigenvalue weighted by molar-refractivity contribution is 0.102. The summed E-state index contributed by atoms with van der Waals surface area (Å²) in [4.78, 5) is 13.4. The first-order valence-corrected chi connectivity index (χ1v) is 8.12. The van der Waals surface area contributed by atoms with Crippen LogP contribution in [0.1, 0.15) is 15.9 Å². The highest BCUT2D eigenvalue weighted by Crippen LogP contribution is 2.21. The summed E-state index contributed by atoms with van der Waals surface area (Å²) in [5.41, 5.74) is 2.66.